The third-order valence-corrected chi connectivity index (χ3v) is 3.46. The predicted octanol–water partition coefficient (Wildman–Crippen LogP) is 1.99. The highest BCUT2D eigenvalue weighted by Crippen LogP contribution is 2.25. The summed E-state index contributed by atoms with van der Waals surface area (Å²) in [6.45, 7) is 2.58. The molecule has 7 nitrogen and oxygen atoms in total. The minimum atomic E-state index is -0.558. The summed E-state index contributed by atoms with van der Waals surface area (Å²) in [4.78, 5) is 23.7. The summed E-state index contributed by atoms with van der Waals surface area (Å²) in [5.41, 5.74) is 1.02. The molecule has 1 atom stereocenters. The van der Waals surface area contributed by atoms with E-state index in [-0.39, 0.29) is 11.1 Å². The molecule has 0 unspecified atom stereocenters. The summed E-state index contributed by atoms with van der Waals surface area (Å²) in [6.07, 6.45) is -0.450. The summed E-state index contributed by atoms with van der Waals surface area (Å²) >= 11 is 0. The molecule has 1 heterocycles. The lowest BCUT2D eigenvalue weighted by Gasteiger charge is -2.07. The smallest absolute Gasteiger partial charge is 0.337 e. The SMILES string of the molecule is COC(=O)c1cc(C(=O)OC)cc(-c2ccc(CNC[C@H](C)O)o2)c1. The van der Waals surface area contributed by atoms with Crippen LogP contribution in [0.25, 0.3) is 11.3 Å². The molecule has 2 aromatic rings. The molecule has 1 aromatic carbocycles. The number of hydrogen-bond donors (Lipinski definition) is 2. The molecule has 0 aliphatic rings. The van der Waals surface area contributed by atoms with Gasteiger partial charge in [0.1, 0.15) is 11.5 Å². The van der Waals surface area contributed by atoms with Crippen molar-refractivity contribution in [3.8, 4) is 11.3 Å². The van der Waals surface area contributed by atoms with E-state index in [9.17, 15) is 14.7 Å². The Balaban J connectivity index is 2.29. The number of furan rings is 1. The summed E-state index contributed by atoms with van der Waals surface area (Å²) in [5, 5.41) is 12.3. The Morgan fingerprint density at radius 3 is 2.24 bits per heavy atom. The van der Waals surface area contributed by atoms with Gasteiger partial charge in [-0.25, -0.2) is 9.59 Å². The largest absolute Gasteiger partial charge is 0.465 e. The number of rotatable bonds is 7. The first-order valence-electron chi connectivity index (χ1n) is 7.74. The van der Waals surface area contributed by atoms with E-state index in [2.05, 4.69) is 5.32 Å². The average molecular weight is 347 g/mol. The van der Waals surface area contributed by atoms with Crippen molar-refractivity contribution < 1.29 is 28.6 Å². The monoisotopic (exact) mass is 347 g/mol. The standard InChI is InChI=1S/C18H21NO6/c1-11(20)9-19-10-15-4-5-16(25-15)12-6-13(17(21)23-2)8-14(7-12)18(22)24-3/h4-8,11,19-20H,9-10H2,1-3H3/t11-/m0/s1. The second kappa shape index (κ2) is 8.46. The van der Waals surface area contributed by atoms with Crippen molar-refractivity contribution >= 4 is 11.9 Å². The van der Waals surface area contributed by atoms with Crippen LogP contribution in [0.4, 0.5) is 0 Å². The summed E-state index contributed by atoms with van der Waals surface area (Å²) < 4.78 is 15.2. The maximum absolute atomic E-state index is 11.8. The Bertz CT molecular complexity index is 716. The van der Waals surface area contributed by atoms with Gasteiger partial charge in [0.05, 0.1) is 38.0 Å². The van der Waals surface area contributed by atoms with Gasteiger partial charge in [-0.15, -0.1) is 0 Å². The van der Waals surface area contributed by atoms with Crippen LogP contribution in [-0.4, -0.2) is 43.9 Å². The Labute approximate surface area is 145 Å². The molecule has 0 fully saturated rings. The van der Waals surface area contributed by atoms with Gasteiger partial charge in [0.25, 0.3) is 0 Å². The molecule has 134 valence electrons. The molecular formula is C18H21NO6. The van der Waals surface area contributed by atoms with Crippen molar-refractivity contribution in [1.82, 2.24) is 5.32 Å². The molecule has 0 amide bonds. The number of carbonyl (C=O) groups is 2. The normalized spacial score (nSPS) is 11.8. The number of esters is 2. The topological polar surface area (TPSA) is 98.0 Å². The molecule has 0 spiro atoms. The van der Waals surface area contributed by atoms with Crippen LogP contribution < -0.4 is 5.32 Å². The van der Waals surface area contributed by atoms with Crippen molar-refractivity contribution in [2.75, 3.05) is 20.8 Å². The van der Waals surface area contributed by atoms with E-state index in [0.29, 0.717) is 30.2 Å². The molecule has 0 bridgehead atoms. The average Bonchev–Trinajstić information content (AvgIpc) is 3.08. The van der Waals surface area contributed by atoms with Crippen molar-refractivity contribution in [3.63, 3.8) is 0 Å². The number of ether oxygens (including phenoxy) is 2. The fourth-order valence-electron chi connectivity index (χ4n) is 2.27. The molecule has 2 rings (SSSR count). The zero-order chi connectivity index (χ0) is 18.4. The van der Waals surface area contributed by atoms with Gasteiger partial charge in [0, 0.05) is 12.1 Å². The molecule has 0 radical (unpaired) electrons. The minimum Gasteiger partial charge on any atom is -0.465 e. The molecule has 1 aromatic heterocycles. The lowest BCUT2D eigenvalue weighted by Crippen LogP contribution is -2.23. The van der Waals surface area contributed by atoms with E-state index >= 15 is 0 Å². The van der Waals surface area contributed by atoms with Crippen molar-refractivity contribution in [2.24, 2.45) is 0 Å². The maximum Gasteiger partial charge on any atom is 0.337 e. The van der Waals surface area contributed by atoms with Gasteiger partial charge in [-0.2, -0.15) is 0 Å². The first kappa shape index (κ1) is 18.7. The molecular weight excluding hydrogens is 326 g/mol. The van der Waals surface area contributed by atoms with E-state index in [1.165, 1.54) is 20.3 Å². The molecule has 7 heteroatoms. The fourth-order valence-corrected chi connectivity index (χ4v) is 2.27. The zero-order valence-electron chi connectivity index (χ0n) is 14.4. The second-order valence-corrected chi connectivity index (χ2v) is 5.53. The van der Waals surface area contributed by atoms with Crippen LogP contribution in [0.2, 0.25) is 0 Å². The van der Waals surface area contributed by atoms with Gasteiger partial charge >= 0.3 is 11.9 Å². The highest BCUT2D eigenvalue weighted by Gasteiger charge is 2.16. The Morgan fingerprint density at radius 1 is 1.12 bits per heavy atom. The Morgan fingerprint density at radius 2 is 1.72 bits per heavy atom. The number of carbonyl (C=O) groups excluding carboxylic acids is 2. The lowest BCUT2D eigenvalue weighted by molar-refractivity contribution is 0.0599. The molecule has 0 aliphatic carbocycles. The van der Waals surface area contributed by atoms with Crippen molar-refractivity contribution in [2.45, 2.75) is 19.6 Å². The van der Waals surface area contributed by atoms with Gasteiger partial charge in [-0.1, -0.05) is 0 Å². The van der Waals surface area contributed by atoms with E-state index < -0.39 is 18.0 Å². The van der Waals surface area contributed by atoms with Gasteiger partial charge < -0.3 is 24.3 Å². The Kier molecular flexibility index (Phi) is 6.32. The summed E-state index contributed by atoms with van der Waals surface area (Å²) in [5.74, 6) is 0.0539. The summed E-state index contributed by atoms with van der Waals surface area (Å²) in [7, 11) is 2.54. The second-order valence-electron chi connectivity index (χ2n) is 5.53. The van der Waals surface area contributed by atoms with Crippen LogP contribution in [0.1, 0.15) is 33.4 Å². The van der Waals surface area contributed by atoms with Gasteiger partial charge in [0.2, 0.25) is 0 Å². The number of nitrogens with one attached hydrogen (secondary N) is 1. The van der Waals surface area contributed by atoms with Crippen LogP contribution in [0, 0.1) is 0 Å². The van der Waals surface area contributed by atoms with E-state index in [1.807, 2.05) is 0 Å². The Hall–Kier alpha value is -2.64. The molecule has 0 aliphatic heterocycles. The maximum atomic E-state index is 11.8. The number of benzene rings is 1. The zero-order valence-corrected chi connectivity index (χ0v) is 14.4. The molecule has 2 N–H and O–H groups in total. The van der Waals surface area contributed by atoms with Gasteiger partial charge in [0.15, 0.2) is 0 Å². The highest BCUT2D eigenvalue weighted by atomic mass is 16.5. The predicted molar refractivity (Wildman–Crippen MR) is 90.2 cm³/mol. The van der Waals surface area contributed by atoms with Crippen molar-refractivity contribution in [1.29, 1.82) is 0 Å². The lowest BCUT2D eigenvalue weighted by atomic mass is 10.0. The quantitative estimate of drug-likeness (QED) is 0.739. The van der Waals surface area contributed by atoms with Crippen LogP contribution in [-0.2, 0) is 16.0 Å². The first-order valence-corrected chi connectivity index (χ1v) is 7.74. The number of aliphatic hydroxyl groups excluding tert-OH is 1. The van der Waals surface area contributed by atoms with Crippen LogP contribution in [0.5, 0.6) is 0 Å². The first-order chi connectivity index (χ1) is 11.9. The summed E-state index contributed by atoms with van der Waals surface area (Å²) in [6, 6.07) is 8.12. The van der Waals surface area contributed by atoms with Crippen LogP contribution >= 0.6 is 0 Å². The number of methoxy groups -OCH3 is 2. The molecule has 0 saturated heterocycles. The van der Waals surface area contributed by atoms with Crippen molar-refractivity contribution in [3.05, 3.63) is 47.2 Å². The van der Waals surface area contributed by atoms with E-state index in [1.54, 1.807) is 31.2 Å². The van der Waals surface area contributed by atoms with E-state index in [0.717, 1.165) is 0 Å². The fraction of sp³-hybridized carbons (Fsp3) is 0.333. The van der Waals surface area contributed by atoms with Gasteiger partial charge in [-0.05, 0) is 37.3 Å². The molecule has 25 heavy (non-hydrogen) atoms. The third kappa shape index (κ3) is 4.91. The third-order valence-electron chi connectivity index (χ3n) is 3.46. The molecule has 0 saturated carbocycles. The number of hydrogen-bond acceptors (Lipinski definition) is 7. The van der Waals surface area contributed by atoms with Gasteiger partial charge in [-0.3, -0.25) is 0 Å². The highest BCUT2D eigenvalue weighted by molar-refractivity contribution is 5.97. The van der Waals surface area contributed by atoms with Crippen LogP contribution in [0.15, 0.2) is 34.7 Å². The van der Waals surface area contributed by atoms with Crippen LogP contribution in [0.3, 0.4) is 0 Å². The van der Waals surface area contributed by atoms with E-state index in [4.69, 9.17) is 13.9 Å². The minimum absolute atomic E-state index is 0.227. The number of aliphatic hydroxyl groups is 1.